The van der Waals surface area contributed by atoms with E-state index in [1.54, 1.807) is 34.2 Å². The van der Waals surface area contributed by atoms with Crippen LogP contribution in [0.4, 0.5) is 11.6 Å². The van der Waals surface area contributed by atoms with E-state index >= 15 is 0 Å². The first-order chi connectivity index (χ1) is 14.6. The minimum Gasteiger partial charge on any atom is -0.323 e. The summed E-state index contributed by atoms with van der Waals surface area (Å²) in [6.45, 7) is 0. The molecule has 4 aromatic heterocycles. The third-order valence-corrected chi connectivity index (χ3v) is 5.04. The molecule has 0 spiro atoms. The van der Waals surface area contributed by atoms with Crippen molar-refractivity contribution in [2.75, 3.05) is 5.32 Å². The van der Waals surface area contributed by atoms with Gasteiger partial charge in [0.1, 0.15) is 5.52 Å². The predicted molar refractivity (Wildman–Crippen MR) is 116 cm³/mol. The van der Waals surface area contributed by atoms with E-state index in [9.17, 15) is 0 Å². The molecule has 0 amide bonds. The number of hydrogen-bond acceptors (Lipinski definition) is 6. The van der Waals surface area contributed by atoms with Crippen molar-refractivity contribution in [2.45, 2.75) is 0 Å². The maximum atomic E-state index is 6.52. The molecule has 1 N–H and O–H groups in total. The van der Waals surface area contributed by atoms with Gasteiger partial charge in [-0.25, -0.2) is 9.97 Å². The molecule has 0 aliphatic heterocycles. The number of benzene rings is 1. The van der Waals surface area contributed by atoms with Gasteiger partial charge in [-0.1, -0.05) is 17.7 Å². The van der Waals surface area contributed by atoms with Crippen LogP contribution in [-0.2, 0) is 14.1 Å². The Hall–Kier alpha value is -3.78. The van der Waals surface area contributed by atoms with E-state index in [0.29, 0.717) is 11.0 Å². The first kappa shape index (κ1) is 18.3. The first-order valence-corrected chi connectivity index (χ1v) is 9.61. The van der Waals surface area contributed by atoms with Crippen LogP contribution < -0.4 is 5.32 Å². The van der Waals surface area contributed by atoms with Crippen LogP contribution in [0, 0.1) is 0 Å². The van der Waals surface area contributed by atoms with Crippen LogP contribution in [0.25, 0.3) is 33.3 Å². The highest BCUT2D eigenvalue weighted by molar-refractivity contribution is 6.33. The van der Waals surface area contributed by atoms with Gasteiger partial charge in [0.25, 0.3) is 0 Å². The Morgan fingerprint density at radius 3 is 2.33 bits per heavy atom. The molecule has 9 heteroatoms. The van der Waals surface area contributed by atoms with Gasteiger partial charge in [-0.3, -0.25) is 14.3 Å². The van der Waals surface area contributed by atoms with Crippen molar-refractivity contribution >= 4 is 34.1 Å². The number of aromatic nitrogens is 7. The molecule has 0 unspecified atom stereocenters. The molecule has 0 saturated carbocycles. The van der Waals surface area contributed by atoms with Crippen molar-refractivity contribution < 1.29 is 0 Å². The molecular weight excluding hydrogens is 400 g/mol. The highest BCUT2D eigenvalue weighted by atomic mass is 35.5. The van der Waals surface area contributed by atoms with E-state index in [-0.39, 0.29) is 0 Å². The lowest BCUT2D eigenvalue weighted by atomic mass is 10.1. The van der Waals surface area contributed by atoms with Crippen molar-refractivity contribution in [3.8, 4) is 22.4 Å². The normalized spacial score (nSPS) is 11.2. The Kier molecular flexibility index (Phi) is 4.40. The molecule has 0 atom stereocenters. The van der Waals surface area contributed by atoms with Gasteiger partial charge in [-0.2, -0.15) is 10.2 Å². The molecule has 0 bridgehead atoms. The van der Waals surface area contributed by atoms with Gasteiger partial charge in [0.2, 0.25) is 5.95 Å². The molecule has 4 heterocycles. The molecule has 5 rings (SSSR count). The second-order valence-corrected chi connectivity index (χ2v) is 7.32. The first-order valence-electron chi connectivity index (χ1n) is 9.23. The second kappa shape index (κ2) is 7.23. The molecule has 1 aromatic carbocycles. The zero-order chi connectivity index (χ0) is 20.7. The van der Waals surface area contributed by atoms with Gasteiger partial charge in [-0.15, -0.1) is 0 Å². The monoisotopic (exact) mass is 416 g/mol. The minimum atomic E-state index is 0.441. The number of fused-ring (bicyclic) bond motifs is 1. The van der Waals surface area contributed by atoms with Gasteiger partial charge < -0.3 is 5.32 Å². The second-order valence-electron chi connectivity index (χ2n) is 6.92. The zero-order valence-electron chi connectivity index (χ0n) is 16.3. The molecule has 0 aliphatic carbocycles. The fraction of sp³-hybridized carbons (Fsp3) is 0.0952. The number of aryl methyl sites for hydroxylation is 2. The Morgan fingerprint density at radius 1 is 0.867 bits per heavy atom. The number of halogens is 1. The summed E-state index contributed by atoms with van der Waals surface area (Å²) in [4.78, 5) is 13.6. The maximum absolute atomic E-state index is 6.52. The number of rotatable bonds is 4. The van der Waals surface area contributed by atoms with Crippen molar-refractivity contribution in [3.63, 3.8) is 0 Å². The van der Waals surface area contributed by atoms with Crippen molar-refractivity contribution in [1.82, 2.24) is 34.5 Å². The van der Waals surface area contributed by atoms with Crippen molar-refractivity contribution in [3.05, 3.63) is 66.5 Å². The van der Waals surface area contributed by atoms with E-state index in [1.165, 1.54) is 0 Å². The van der Waals surface area contributed by atoms with E-state index in [4.69, 9.17) is 11.6 Å². The van der Waals surface area contributed by atoms with Gasteiger partial charge in [0, 0.05) is 55.4 Å². The fourth-order valence-electron chi connectivity index (χ4n) is 3.26. The Morgan fingerprint density at radius 2 is 1.63 bits per heavy atom. The Labute approximate surface area is 177 Å². The van der Waals surface area contributed by atoms with Crippen LogP contribution in [0.3, 0.4) is 0 Å². The van der Waals surface area contributed by atoms with E-state index in [0.717, 1.165) is 39.0 Å². The lowest BCUT2D eigenvalue weighted by Crippen LogP contribution is -1.99. The highest BCUT2D eigenvalue weighted by Gasteiger charge is 2.12. The summed E-state index contributed by atoms with van der Waals surface area (Å²) in [6.07, 6.45) is 10.9. The molecule has 5 aromatic rings. The number of hydrogen-bond donors (Lipinski definition) is 1. The zero-order valence-corrected chi connectivity index (χ0v) is 17.0. The molecular formula is C21H17ClN8. The summed E-state index contributed by atoms with van der Waals surface area (Å²) >= 11 is 6.52. The van der Waals surface area contributed by atoms with Crippen LogP contribution in [-0.4, -0.2) is 34.5 Å². The van der Waals surface area contributed by atoms with Crippen LogP contribution in [0.15, 0.2) is 61.4 Å². The standard InChI is InChI=1S/C21H17ClN8/c1-29-11-15(9-25-29)13-3-4-18(17(22)7-13)27-21-24-8-14-5-6-23-19(20(14)28-21)16-10-26-30(2)12-16/h3-12H,1-2H3,(H,24,27,28). The fourth-order valence-corrected chi connectivity index (χ4v) is 3.49. The summed E-state index contributed by atoms with van der Waals surface area (Å²) < 4.78 is 3.49. The molecule has 0 radical (unpaired) electrons. The van der Waals surface area contributed by atoms with Crippen LogP contribution in [0.5, 0.6) is 0 Å². The SMILES string of the molecule is Cn1cc(-c2ccc(Nc3ncc4ccnc(-c5cnn(C)c5)c4n3)c(Cl)c2)cn1. The minimum absolute atomic E-state index is 0.441. The average Bonchev–Trinajstić information content (AvgIpc) is 3.37. The highest BCUT2D eigenvalue weighted by Crippen LogP contribution is 2.31. The lowest BCUT2D eigenvalue weighted by molar-refractivity contribution is 0.768. The third-order valence-electron chi connectivity index (χ3n) is 4.73. The van der Waals surface area contributed by atoms with Gasteiger partial charge in [0.05, 0.1) is 28.8 Å². The number of pyridine rings is 1. The summed E-state index contributed by atoms with van der Waals surface area (Å²) in [5, 5.41) is 13.1. The topological polar surface area (TPSA) is 86.3 Å². The Bertz CT molecular complexity index is 1370. The van der Waals surface area contributed by atoms with Crippen LogP contribution in [0.1, 0.15) is 0 Å². The van der Waals surface area contributed by atoms with Gasteiger partial charge >= 0.3 is 0 Å². The molecule has 0 aliphatic rings. The molecule has 30 heavy (non-hydrogen) atoms. The van der Waals surface area contributed by atoms with Crippen molar-refractivity contribution in [1.29, 1.82) is 0 Å². The summed E-state index contributed by atoms with van der Waals surface area (Å²) in [5.74, 6) is 0.441. The largest absolute Gasteiger partial charge is 0.323 e. The maximum Gasteiger partial charge on any atom is 0.227 e. The number of nitrogens with one attached hydrogen (secondary N) is 1. The van der Waals surface area contributed by atoms with Crippen molar-refractivity contribution in [2.24, 2.45) is 14.1 Å². The predicted octanol–water partition coefficient (Wildman–Crippen LogP) is 4.22. The number of nitrogens with zero attached hydrogens (tertiary/aromatic N) is 7. The van der Waals surface area contributed by atoms with E-state index in [1.807, 2.05) is 50.8 Å². The lowest BCUT2D eigenvalue weighted by Gasteiger charge is -2.10. The molecule has 148 valence electrons. The summed E-state index contributed by atoms with van der Waals surface area (Å²) in [7, 11) is 3.75. The summed E-state index contributed by atoms with van der Waals surface area (Å²) in [6, 6.07) is 7.66. The molecule has 0 fully saturated rings. The smallest absolute Gasteiger partial charge is 0.227 e. The van der Waals surface area contributed by atoms with Crippen LogP contribution >= 0.6 is 11.6 Å². The van der Waals surface area contributed by atoms with Crippen LogP contribution in [0.2, 0.25) is 5.02 Å². The average molecular weight is 417 g/mol. The summed E-state index contributed by atoms with van der Waals surface area (Å²) in [5.41, 5.74) is 5.10. The Balaban J connectivity index is 1.50. The molecule has 8 nitrogen and oxygen atoms in total. The van der Waals surface area contributed by atoms with E-state index < -0.39 is 0 Å². The molecule has 0 saturated heterocycles. The van der Waals surface area contributed by atoms with E-state index in [2.05, 4.69) is 30.5 Å². The number of anilines is 2. The van der Waals surface area contributed by atoms with Gasteiger partial charge in [0.15, 0.2) is 0 Å². The quantitative estimate of drug-likeness (QED) is 0.472. The van der Waals surface area contributed by atoms with Gasteiger partial charge in [-0.05, 0) is 23.8 Å². The third kappa shape index (κ3) is 3.37.